The summed E-state index contributed by atoms with van der Waals surface area (Å²) in [4.78, 5) is 23.5. The molecule has 1 aromatic carbocycles. The Morgan fingerprint density at radius 3 is 2.75 bits per heavy atom. The zero-order valence-corrected chi connectivity index (χ0v) is 11.3. The van der Waals surface area contributed by atoms with Crippen LogP contribution in [-0.4, -0.2) is 29.2 Å². The molecule has 2 aliphatic heterocycles. The molecule has 1 aromatic rings. The highest BCUT2D eigenvalue weighted by Gasteiger charge is 2.44. The number of rotatable bonds is 3. The van der Waals surface area contributed by atoms with E-state index in [0.29, 0.717) is 5.69 Å². The average molecular weight is 275 g/mol. The number of ether oxygens (including phenoxy) is 1. The maximum Gasteiger partial charge on any atom is 0.337 e. The number of amides is 1. The van der Waals surface area contributed by atoms with Gasteiger partial charge in [-0.3, -0.25) is 4.79 Å². The number of hydrogen-bond donors (Lipinski definition) is 2. The molecule has 5 nitrogen and oxygen atoms in total. The van der Waals surface area contributed by atoms with Crippen molar-refractivity contribution in [2.45, 2.75) is 38.4 Å². The second kappa shape index (κ2) is 4.90. The predicted octanol–water partition coefficient (Wildman–Crippen LogP) is 2.20. The van der Waals surface area contributed by atoms with Crippen LogP contribution in [0, 0.1) is 12.8 Å². The number of carboxylic acid groups (broad SMARTS) is 1. The molecule has 2 bridgehead atoms. The summed E-state index contributed by atoms with van der Waals surface area (Å²) in [7, 11) is 0. The van der Waals surface area contributed by atoms with Crippen LogP contribution in [0.5, 0.6) is 0 Å². The quantitative estimate of drug-likeness (QED) is 0.886. The van der Waals surface area contributed by atoms with Gasteiger partial charge in [-0.05, 0) is 38.3 Å². The van der Waals surface area contributed by atoms with Crippen LogP contribution in [0.15, 0.2) is 18.2 Å². The van der Waals surface area contributed by atoms with E-state index in [1.807, 2.05) is 6.92 Å². The highest BCUT2D eigenvalue weighted by molar-refractivity contribution is 6.01. The fourth-order valence-corrected chi connectivity index (χ4v) is 3.08. The zero-order chi connectivity index (χ0) is 14.3. The van der Waals surface area contributed by atoms with Crippen molar-refractivity contribution in [3.8, 4) is 0 Å². The Labute approximate surface area is 116 Å². The van der Waals surface area contributed by atoms with Gasteiger partial charge in [-0.15, -0.1) is 0 Å². The van der Waals surface area contributed by atoms with Crippen molar-refractivity contribution in [3.63, 3.8) is 0 Å². The molecule has 3 unspecified atom stereocenters. The Balaban J connectivity index is 1.78. The van der Waals surface area contributed by atoms with Crippen molar-refractivity contribution in [3.05, 3.63) is 29.3 Å². The summed E-state index contributed by atoms with van der Waals surface area (Å²) in [5, 5.41) is 11.9. The number of hydrogen-bond acceptors (Lipinski definition) is 3. The summed E-state index contributed by atoms with van der Waals surface area (Å²) in [6.45, 7) is 1.82. The molecule has 0 spiro atoms. The third kappa shape index (κ3) is 2.29. The maximum absolute atomic E-state index is 12.3. The van der Waals surface area contributed by atoms with Crippen LogP contribution >= 0.6 is 0 Å². The van der Waals surface area contributed by atoms with Crippen LogP contribution in [0.1, 0.15) is 35.2 Å². The molecular formula is C15H17NO4. The van der Waals surface area contributed by atoms with Crippen LogP contribution < -0.4 is 5.32 Å². The molecule has 2 N–H and O–H groups in total. The fraction of sp³-hybridized carbons (Fsp3) is 0.467. The van der Waals surface area contributed by atoms with E-state index in [4.69, 9.17) is 4.74 Å². The number of anilines is 1. The van der Waals surface area contributed by atoms with Crippen molar-refractivity contribution in [2.24, 2.45) is 5.92 Å². The molecule has 20 heavy (non-hydrogen) atoms. The van der Waals surface area contributed by atoms with E-state index in [1.165, 1.54) is 0 Å². The van der Waals surface area contributed by atoms with Crippen molar-refractivity contribution in [1.29, 1.82) is 0 Å². The van der Waals surface area contributed by atoms with Gasteiger partial charge in [0.25, 0.3) is 0 Å². The summed E-state index contributed by atoms with van der Waals surface area (Å²) >= 11 is 0. The molecule has 106 valence electrons. The number of aromatic carboxylic acids is 1. The predicted molar refractivity (Wildman–Crippen MR) is 72.8 cm³/mol. The SMILES string of the molecule is Cc1ccc(NC(=O)C2CC3CCC2O3)c(C(=O)O)c1. The maximum atomic E-state index is 12.3. The molecule has 1 amide bonds. The molecule has 0 saturated carbocycles. The number of carbonyl (C=O) groups is 2. The van der Waals surface area contributed by atoms with E-state index >= 15 is 0 Å². The second-order valence-corrected chi connectivity index (χ2v) is 5.56. The molecule has 2 saturated heterocycles. The summed E-state index contributed by atoms with van der Waals surface area (Å²) in [6, 6.07) is 5.00. The lowest BCUT2D eigenvalue weighted by atomic mass is 9.88. The first-order valence-electron chi connectivity index (χ1n) is 6.85. The fourth-order valence-electron chi connectivity index (χ4n) is 3.08. The van der Waals surface area contributed by atoms with Gasteiger partial charge < -0.3 is 15.2 Å². The van der Waals surface area contributed by atoms with E-state index < -0.39 is 5.97 Å². The van der Waals surface area contributed by atoms with Crippen LogP contribution in [0.4, 0.5) is 5.69 Å². The minimum Gasteiger partial charge on any atom is -0.478 e. The normalized spacial score (nSPS) is 27.6. The molecule has 3 atom stereocenters. The smallest absolute Gasteiger partial charge is 0.337 e. The summed E-state index contributed by atoms with van der Waals surface area (Å²) in [5.41, 5.74) is 1.34. The van der Waals surface area contributed by atoms with Gasteiger partial charge in [0.15, 0.2) is 0 Å². The summed E-state index contributed by atoms with van der Waals surface area (Å²) < 4.78 is 5.66. The molecular weight excluding hydrogens is 258 g/mol. The lowest BCUT2D eigenvalue weighted by Gasteiger charge is -2.18. The number of carbonyl (C=O) groups excluding carboxylic acids is 1. The number of fused-ring (bicyclic) bond motifs is 2. The Kier molecular flexibility index (Phi) is 3.22. The highest BCUT2D eigenvalue weighted by Crippen LogP contribution is 2.39. The van der Waals surface area contributed by atoms with Gasteiger partial charge in [-0.2, -0.15) is 0 Å². The number of benzene rings is 1. The van der Waals surface area contributed by atoms with Crippen LogP contribution in [-0.2, 0) is 9.53 Å². The van der Waals surface area contributed by atoms with Crippen molar-refractivity contribution >= 4 is 17.6 Å². The van der Waals surface area contributed by atoms with Gasteiger partial charge in [-0.25, -0.2) is 4.79 Å². The van der Waals surface area contributed by atoms with Crippen LogP contribution in [0.2, 0.25) is 0 Å². The lowest BCUT2D eigenvalue weighted by Crippen LogP contribution is -2.31. The van der Waals surface area contributed by atoms with Gasteiger partial charge in [-0.1, -0.05) is 11.6 Å². The Hall–Kier alpha value is -1.88. The van der Waals surface area contributed by atoms with Gasteiger partial charge in [0.05, 0.1) is 29.4 Å². The number of nitrogens with one attached hydrogen (secondary N) is 1. The molecule has 0 aliphatic carbocycles. The summed E-state index contributed by atoms with van der Waals surface area (Å²) in [6.07, 6.45) is 2.89. The Morgan fingerprint density at radius 1 is 1.35 bits per heavy atom. The number of aryl methyl sites for hydroxylation is 1. The third-order valence-corrected chi connectivity index (χ3v) is 4.11. The molecule has 5 heteroatoms. The minimum absolute atomic E-state index is 0.00118. The van der Waals surface area contributed by atoms with E-state index in [0.717, 1.165) is 24.8 Å². The van der Waals surface area contributed by atoms with Crippen LogP contribution in [0.3, 0.4) is 0 Å². The van der Waals surface area contributed by atoms with Crippen molar-refractivity contribution < 1.29 is 19.4 Å². The molecule has 0 aromatic heterocycles. The molecule has 2 aliphatic rings. The van der Waals surface area contributed by atoms with Gasteiger partial charge in [0.2, 0.25) is 5.91 Å². The highest BCUT2D eigenvalue weighted by atomic mass is 16.5. The van der Waals surface area contributed by atoms with E-state index in [2.05, 4.69) is 5.32 Å². The first-order valence-corrected chi connectivity index (χ1v) is 6.85. The van der Waals surface area contributed by atoms with E-state index in [1.54, 1.807) is 18.2 Å². The standard InChI is InChI=1S/C15H17NO4/c1-8-2-4-12(10(6-8)15(18)19)16-14(17)11-7-9-3-5-13(11)20-9/h2,4,6,9,11,13H,3,5,7H2,1H3,(H,16,17)(H,18,19). The average Bonchev–Trinajstić information content (AvgIpc) is 3.03. The second-order valence-electron chi connectivity index (χ2n) is 5.56. The largest absolute Gasteiger partial charge is 0.478 e. The van der Waals surface area contributed by atoms with Gasteiger partial charge in [0, 0.05) is 0 Å². The molecule has 3 rings (SSSR count). The summed E-state index contributed by atoms with van der Waals surface area (Å²) in [5.74, 6) is -1.33. The topological polar surface area (TPSA) is 75.6 Å². The number of carboxylic acids is 1. The lowest BCUT2D eigenvalue weighted by molar-refractivity contribution is -0.121. The molecule has 2 heterocycles. The van der Waals surface area contributed by atoms with E-state index in [9.17, 15) is 14.7 Å². The zero-order valence-electron chi connectivity index (χ0n) is 11.3. The molecule has 2 fully saturated rings. The van der Waals surface area contributed by atoms with Gasteiger partial charge in [0.1, 0.15) is 0 Å². The Bertz CT molecular complexity index is 569. The van der Waals surface area contributed by atoms with Crippen molar-refractivity contribution in [1.82, 2.24) is 0 Å². The molecule has 0 radical (unpaired) electrons. The van der Waals surface area contributed by atoms with Crippen molar-refractivity contribution in [2.75, 3.05) is 5.32 Å². The van der Waals surface area contributed by atoms with Crippen LogP contribution in [0.25, 0.3) is 0 Å². The monoisotopic (exact) mass is 275 g/mol. The van der Waals surface area contributed by atoms with Gasteiger partial charge >= 0.3 is 5.97 Å². The first kappa shape index (κ1) is 13.1. The first-order chi connectivity index (χ1) is 9.54. The van der Waals surface area contributed by atoms with E-state index in [-0.39, 0.29) is 29.6 Å². The Morgan fingerprint density at radius 2 is 2.15 bits per heavy atom. The third-order valence-electron chi connectivity index (χ3n) is 4.11. The minimum atomic E-state index is -1.03.